The molecule has 1 aromatic heterocycles. The topological polar surface area (TPSA) is 71.3 Å². The third kappa shape index (κ3) is 3.19. The van der Waals surface area contributed by atoms with Crippen molar-refractivity contribution in [1.29, 1.82) is 0 Å². The second-order valence-electron chi connectivity index (χ2n) is 6.87. The van der Waals surface area contributed by atoms with Crippen LogP contribution in [0.3, 0.4) is 0 Å². The molecule has 6 heteroatoms. The Bertz CT molecular complexity index is 725. The molecule has 4 rings (SSSR count). The average Bonchev–Trinajstić information content (AvgIpc) is 3.30. The number of carbonyl (C=O) groups excluding carboxylic acids is 1. The lowest BCUT2D eigenvalue weighted by atomic mass is 10.1. The van der Waals surface area contributed by atoms with Gasteiger partial charge in [-0.1, -0.05) is 29.4 Å². The monoisotopic (exact) mass is 326 g/mol. The number of hydrogen-bond acceptors (Lipinski definition) is 5. The van der Waals surface area contributed by atoms with Gasteiger partial charge in [-0.05, 0) is 30.7 Å². The quantitative estimate of drug-likeness (QED) is 0.911. The van der Waals surface area contributed by atoms with E-state index in [-0.39, 0.29) is 5.91 Å². The van der Waals surface area contributed by atoms with Gasteiger partial charge in [0.2, 0.25) is 17.6 Å². The fraction of sp³-hybridized carbons (Fsp3) is 0.500. The normalized spacial score (nSPS) is 22.9. The number of aryl methyl sites for hydroxylation is 1. The molecule has 2 atom stereocenters. The lowest BCUT2D eigenvalue weighted by molar-refractivity contribution is -0.122. The number of rotatable bonds is 5. The number of carbonyl (C=O) groups is 1. The van der Waals surface area contributed by atoms with Gasteiger partial charge in [0.15, 0.2) is 0 Å². The van der Waals surface area contributed by atoms with E-state index in [9.17, 15) is 4.79 Å². The molecule has 6 nitrogen and oxygen atoms in total. The molecular weight excluding hydrogens is 304 g/mol. The molecule has 1 N–H and O–H groups in total. The maximum atomic E-state index is 12.2. The molecule has 2 aliphatic rings. The van der Waals surface area contributed by atoms with Crippen molar-refractivity contribution in [3.63, 3.8) is 0 Å². The van der Waals surface area contributed by atoms with Gasteiger partial charge in [-0.25, -0.2) is 0 Å². The first-order valence-corrected chi connectivity index (χ1v) is 8.58. The minimum absolute atomic E-state index is 0.111. The average molecular weight is 326 g/mol. The molecule has 0 radical (unpaired) electrons. The smallest absolute Gasteiger partial charge is 0.234 e. The first-order chi connectivity index (χ1) is 11.7. The number of fused-ring (bicyclic) bond motifs is 2. The Hall–Kier alpha value is -2.21. The zero-order valence-electron chi connectivity index (χ0n) is 13.9. The molecule has 2 aromatic rings. The summed E-state index contributed by atoms with van der Waals surface area (Å²) in [7, 11) is 0. The van der Waals surface area contributed by atoms with Gasteiger partial charge in [0.05, 0.1) is 6.54 Å². The van der Waals surface area contributed by atoms with Crippen molar-refractivity contribution in [1.82, 2.24) is 20.4 Å². The maximum Gasteiger partial charge on any atom is 0.234 e. The number of aromatic nitrogens is 2. The number of amides is 1. The molecule has 1 aliphatic carbocycles. The van der Waals surface area contributed by atoms with Crippen LogP contribution >= 0.6 is 0 Å². The van der Waals surface area contributed by atoms with E-state index < -0.39 is 0 Å². The molecule has 1 saturated heterocycles. The SMILES string of the molecule is Cc1nc(-c2ccc(CNC(=O)CN3C[C@H]4CC[C@@H]3C4)cc2)no1. The van der Waals surface area contributed by atoms with Crippen molar-refractivity contribution in [3.8, 4) is 11.4 Å². The zero-order chi connectivity index (χ0) is 16.5. The van der Waals surface area contributed by atoms with Crippen LogP contribution in [0.15, 0.2) is 28.8 Å². The maximum absolute atomic E-state index is 12.2. The summed E-state index contributed by atoms with van der Waals surface area (Å²) in [5.74, 6) is 2.08. The third-order valence-electron chi connectivity index (χ3n) is 5.10. The number of nitrogens with zero attached hydrogens (tertiary/aromatic N) is 3. The van der Waals surface area contributed by atoms with Gasteiger partial charge in [0.1, 0.15) is 0 Å². The van der Waals surface area contributed by atoms with Gasteiger partial charge in [0.25, 0.3) is 0 Å². The lowest BCUT2D eigenvalue weighted by Crippen LogP contribution is -2.40. The van der Waals surface area contributed by atoms with Crippen LogP contribution < -0.4 is 5.32 Å². The Morgan fingerprint density at radius 1 is 1.33 bits per heavy atom. The first kappa shape index (κ1) is 15.3. The Balaban J connectivity index is 1.28. The number of likely N-dealkylation sites (tertiary alicyclic amines) is 1. The van der Waals surface area contributed by atoms with Gasteiger partial charge in [-0.3, -0.25) is 9.69 Å². The summed E-state index contributed by atoms with van der Waals surface area (Å²) in [6.45, 7) is 3.94. The molecule has 1 aliphatic heterocycles. The van der Waals surface area contributed by atoms with Crippen LogP contribution in [0.5, 0.6) is 0 Å². The Morgan fingerprint density at radius 2 is 2.17 bits per heavy atom. The van der Waals surface area contributed by atoms with Crippen molar-refractivity contribution in [2.45, 2.75) is 38.8 Å². The van der Waals surface area contributed by atoms with Crippen molar-refractivity contribution in [2.75, 3.05) is 13.1 Å². The van der Waals surface area contributed by atoms with Gasteiger partial charge >= 0.3 is 0 Å². The summed E-state index contributed by atoms with van der Waals surface area (Å²) in [5, 5.41) is 6.92. The van der Waals surface area contributed by atoms with Crippen LogP contribution in [0.4, 0.5) is 0 Å². The summed E-state index contributed by atoms with van der Waals surface area (Å²) in [6, 6.07) is 8.51. The number of nitrogens with one attached hydrogen (secondary N) is 1. The van der Waals surface area contributed by atoms with E-state index in [1.165, 1.54) is 19.3 Å². The molecule has 1 saturated carbocycles. The minimum atomic E-state index is 0.111. The fourth-order valence-corrected chi connectivity index (χ4v) is 3.85. The number of benzene rings is 1. The molecule has 2 fully saturated rings. The molecule has 24 heavy (non-hydrogen) atoms. The summed E-state index contributed by atoms with van der Waals surface area (Å²) in [6.07, 6.45) is 3.88. The van der Waals surface area contributed by atoms with Crippen LogP contribution in [-0.2, 0) is 11.3 Å². The number of hydrogen-bond donors (Lipinski definition) is 1. The summed E-state index contributed by atoms with van der Waals surface area (Å²) in [5.41, 5.74) is 1.98. The molecule has 126 valence electrons. The predicted octanol–water partition coefficient (Wildman–Crippen LogP) is 2.15. The van der Waals surface area contributed by atoms with Gasteiger partial charge in [0, 0.05) is 31.6 Å². The molecule has 2 bridgehead atoms. The van der Waals surface area contributed by atoms with Crippen molar-refractivity contribution in [3.05, 3.63) is 35.7 Å². The predicted molar refractivity (Wildman–Crippen MR) is 89.0 cm³/mol. The summed E-state index contributed by atoms with van der Waals surface area (Å²) < 4.78 is 4.99. The zero-order valence-corrected chi connectivity index (χ0v) is 13.9. The minimum Gasteiger partial charge on any atom is -0.351 e. The van der Waals surface area contributed by atoms with Crippen LogP contribution in [0.1, 0.15) is 30.7 Å². The van der Waals surface area contributed by atoms with Crippen LogP contribution in [-0.4, -0.2) is 40.1 Å². The molecule has 1 aromatic carbocycles. The van der Waals surface area contributed by atoms with E-state index in [0.29, 0.717) is 30.8 Å². The van der Waals surface area contributed by atoms with Crippen LogP contribution in [0.25, 0.3) is 11.4 Å². The van der Waals surface area contributed by atoms with Gasteiger partial charge < -0.3 is 9.84 Å². The van der Waals surface area contributed by atoms with Crippen LogP contribution in [0.2, 0.25) is 0 Å². The standard InChI is InChI=1S/C18H22N4O2/c1-12-20-18(21-24-12)15-5-2-13(3-6-15)9-19-17(23)11-22-10-14-4-7-16(22)8-14/h2-3,5-6,14,16H,4,7-11H2,1H3,(H,19,23)/t14-,16+/m0/s1. The van der Waals surface area contributed by atoms with Crippen molar-refractivity contribution >= 4 is 5.91 Å². The van der Waals surface area contributed by atoms with E-state index in [1.54, 1.807) is 6.92 Å². The van der Waals surface area contributed by atoms with Crippen LogP contribution in [0, 0.1) is 12.8 Å². The Morgan fingerprint density at radius 3 is 2.79 bits per heavy atom. The second kappa shape index (κ2) is 6.36. The highest BCUT2D eigenvalue weighted by Gasteiger charge is 2.38. The van der Waals surface area contributed by atoms with Crippen molar-refractivity contribution in [2.24, 2.45) is 5.92 Å². The van der Waals surface area contributed by atoms with Crippen molar-refractivity contribution < 1.29 is 9.32 Å². The summed E-state index contributed by atoms with van der Waals surface area (Å²) >= 11 is 0. The van der Waals surface area contributed by atoms with E-state index in [4.69, 9.17) is 4.52 Å². The highest BCUT2D eigenvalue weighted by atomic mass is 16.5. The van der Waals surface area contributed by atoms with E-state index in [0.717, 1.165) is 23.6 Å². The highest BCUT2D eigenvalue weighted by Crippen LogP contribution is 2.36. The van der Waals surface area contributed by atoms with E-state index in [2.05, 4.69) is 20.4 Å². The lowest BCUT2D eigenvalue weighted by Gasteiger charge is -2.25. The summed E-state index contributed by atoms with van der Waals surface area (Å²) in [4.78, 5) is 18.7. The largest absolute Gasteiger partial charge is 0.351 e. The second-order valence-corrected chi connectivity index (χ2v) is 6.87. The van der Waals surface area contributed by atoms with Gasteiger partial charge in [-0.15, -0.1) is 0 Å². The molecule has 2 heterocycles. The molecular formula is C18H22N4O2. The fourth-order valence-electron chi connectivity index (χ4n) is 3.85. The number of piperidine rings is 1. The molecule has 0 unspecified atom stereocenters. The third-order valence-corrected chi connectivity index (χ3v) is 5.10. The highest BCUT2D eigenvalue weighted by molar-refractivity contribution is 5.78. The Labute approximate surface area is 141 Å². The van der Waals surface area contributed by atoms with E-state index >= 15 is 0 Å². The Kier molecular flexibility index (Phi) is 4.06. The first-order valence-electron chi connectivity index (χ1n) is 8.58. The molecule has 0 spiro atoms. The molecule has 1 amide bonds. The van der Waals surface area contributed by atoms with E-state index in [1.807, 2.05) is 24.3 Å². The van der Waals surface area contributed by atoms with Gasteiger partial charge in [-0.2, -0.15) is 4.98 Å².